The molecule has 2 rings (SSSR count). The number of rotatable bonds is 15. The Morgan fingerprint density at radius 2 is 1.03 bits per heavy atom. The summed E-state index contributed by atoms with van der Waals surface area (Å²) in [6, 6.07) is 0. The van der Waals surface area contributed by atoms with E-state index in [1.165, 1.54) is 63.8 Å². The van der Waals surface area contributed by atoms with E-state index in [2.05, 4.69) is 35.2 Å². The molecule has 2 aromatic rings. The summed E-state index contributed by atoms with van der Waals surface area (Å²) in [5.74, 6) is -2.74. The van der Waals surface area contributed by atoms with Gasteiger partial charge in [0.1, 0.15) is 0 Å². The van der Waals surface area contributed by atoms with Gasteiger partial charge in [-0.1, -0.05) is 10.5 Å². The number of hydrogen-bond donors (Lipinski definition) is 3. The zero-order valence-electron chi connectivity index (χ0n) is 21.9. The van der Waals surface area contributed by atoms with Crippen molar-refractivity contribution in [2.24, 2.45) is 0 Å². The third-order valence-electron chi connectivity index (χ3n) is 4.87. The number of nitrogen functional groups attached to an aromatic ring is 2. The van der Waals surface area contributed by atoms with Crippen molar-refractivity contribution in [2.75, 3.05) is 89.2 Å². The summed E-state index contributed by atoms with van der Waals surface area (Å²) in [5.41, 5.74) is 9.66. The molecule has 20 nitrogen and oxygen atoms in total. The predicted octanol–water partition coefficient (Wildman–Crippen LogP) is -1.13. The average molecular weight is 533 g/mol. The van der Waals surface area contributed by atoms with Crippen LogP contribution < -0.4 is 32.3 Å². The summed E-state index contributed by atoms with van der Waals surface area (Å²) in [6.45, 7) is 1.53. The van der Waals surface area contributed by atoms with Gasteiger partial charge in [-0.05, 0) is 6.92 Å². The topological polar surface area (TPSA) is 225 Å². The summed E-state index contributed by atoms with van der Waals surface area (Å²) in [6.07, 6.45) is 0. The maximum atomic E-state index is 5.83. The fourth-order valence-corrected chi connectivity index (χ4v) is 3.16. The molecule has 1 atom stereocenters. The van der Waals surface area contributed by atoms with Crippen LogP contribution >= 0.6 is 0 Å². The Hall–Kier alpha value is -3.50. The molecule has 5 N–H and O–H groups in total. The summed E-state index contributed by atoms with van der Waals surface area (Å²) >= 11 is 0. The Balaban J connectivity index is 2.74. The molecule has 0 saturated carbocycles. The number of aromatic nitrogens is 6. The zero-order valence-corrected chi connectivity index (χ0v) is 21.9. The molecular formula is C17H32N12O8. The number of anilines is 6. The highest BCUT2D eigenvalue weighted by atomic mass is 16.9. The summed E-state index contributed by atoms with van der Waals surface area (Å²) in [5, 5.41) is 5.75. The third-order valence-corrected chi connectivity index (χ3v) is 4.87. The lowest BCUT2D eigenvalue weighted by molar-refractivity contribution is -0.303. The van der Waals surface area contributed by atoms with Crippen LogP contribution in [0.25, 0.3) is 0 Å². The SMILES string of the molecule is CON(OC)c1nc(N(OC)OC)nc(N(OC)C(C)(OC)C(Nc2nc(N)nc(N)n2)(OC)OC)n1. The molecule has 1 unspecified atom stereocenters. The normalized spacial score (nSPS) is 13.2. The lowest BCUT2D eigenvalue weighted by Crippen LogP contribution is -2.69. The minimum atomic E-state index is -1.92. The van der Waals surface area contributed by atoms with Gasteiger partial charge in [-0.3, -0.25) is 10.2 Å². The fraction of sp³-hybridized carbons (Fsp3) is 0.647. The Kier molecular flexibility index (Phi) is 10.2. The van der Waals surface area contributed by atoms with E-state index >= 15 is 0 Å². The number of hydroxylamine groups is 1. The average Bonchev–Trinajstić information content (AvgIpc) is 2.88. The second-order valence-electron chi connectivity index (χ2n) is 6.67. The molecule has 0 bridgehead atoms. The van der Waals surface area contributed by atoms with Gasteiger partial charge in [0.2, 0.25) is 23.6 Å². The van der Waals surface area contributed by atoms with Crippen LogP contribution in [0.5, 0.6) is 0 Å². The maximum Gasteiger partial charge on any atom is 0.303 e. The number of methoxy groups -OCH3 is 3. The van der Waals surface area contributed by atoms with Crippen molar-refractivity contribution in [2.45, 2.75) is 18.6 Å². The molecule has 0 amide bonds. The van der Waals surface area contributed by atoms with E-state index in [4.69, 9.17) is 49.9 Å². The highest BCUT2D eigenvalue weighted by molar-refractivity contribution is 5.45. The lowest BCUT2D eigenvalue weighted by atomic mass is 10.1. The molecule has 0 radical (unpaired) electrons. The second kappa shape index (κ2) is 12.6. The summed E-state index contributed by atoms with van der Waals surface area (Å²) < 4.78 is 17.3. The Morgan fingerprint density at radius 1 is 0.595 bits per heavy atom. The van der Waals surface area contributed by atoms with Crippen molar-refractivity contribution in [3.63, 3.8) is 0 Å². The molecule has 2 aromatic heterocycles. The van der Waals surface area contributed by atoms with Crippen LogP contribution in [-0.4, -0.2) is 98.4 Å². The molecule has 37 heavy (non-hydrogen) atoms. The largest absolute Gasteiger partial charge is 0.368 e. The molecule has 0 aliphatic rings. The lowest BCUT2D eigenvalue weighted by Gasteiger charge is -2.48. The van der Waals surface area contributed by atoms with Gasteiger partial charge in [0, 0.05) is 21.3 Å². The second-order valence-corrected chi connectivity index (χ2v) is 6.67. The first kappa shape index (κ1) is 29.7. The molecule has 0 aromatic carbocycles. The van der Waals surface area contributed by atoms with E-state index in [-0.39, 0.29) is 35.7 Å². The predicted molar refractivity (Wildman–Crippen MR) is 127 cm³/mol. The van der Waals surface area contributed by atoms with Crippen LogP contribution in [0.1, 0.15) is 6.92 Å². The third kappa shape index (κ3) is 5.91. The van der Waals surface area contributed by atoms with Gasteiger partial charge < -0.3 is 25.7 Å². The number of nitrogens with zero attached hydrogens (tertiary/aromatic N) is 9. The zero-order chi connectivity index (χ0) is 27.8. The van der Waals surface area contributed by atoms with Gasteiger partial charge in [-0.15, -0.1) is 0 Å². The number of nitrogens with two attached hydrogens (primary N) is 2. The molecule has 2 heterocycles. The van der Waals surface area contributed by atoms with E-state index in [0.717, 1.165) is 15.5 Å². The summed E-state index contributed by atoms with van der Waals surface area (Å²) in [4.78, 5) is 50.9. The van der Waals surface area contributed by atoms with Crippen LogP contribution in [-0.2, 0) is 38.4 Å². The van der Waals surface area contributed by atoms with Crippen LogP contribution in [0.15, 0.2) is 0 Å². The van der Waals surface area contributed by atoms with E-state index in [0.29, 0.717) is 0 Å². The standard InChI is InChI=1S/C17H32N12O8/c1-16(30-2,17(31-3,32-4)26-12-21-10(18)20-11(19)22-12)27(33-5)13-23-14(28(34-6)35-7)25-15(24-13)29(36-8)37-9/h1-9H3,(H5,18,19,20,21,22,26). The Morgan fingerprint density at radius 3 is 1.38 bits per heavy atom. The van der Waals surface area contributed by atoms with Gasteiger partial charge >= 0.3 is 5.91 Å². The first-order valence-electron chi connectivity index (χ1n) is 10.2. The quantitative estimate of drug-likeness (QED) is 0.182. The van der Waals surface area contributed by atoms with Crippen molar-refractivity contribution < 1.29 is 38.4 Å². The molecule has 0 fully saturated rings. The van der Waals surface area contributed by atoms with Crippen LogP contribution in [0.2, 0.25) is 0 Å². The van der Waals surface area contributed by atoms with Crippen molar-refractivity contribution in [3.8, 4) is 0 Å². The minimum absolute atomic E-state index is 0.0973. The molecule has 20 heteroatoms. The fourth-order valence-electron chi connectivity index (χ4n) is 3.16. The first-order chi connectivity index (χ1) is 17.6. The van der Waals surface area contributed by atoms with Gasteiger partial charge in [0.05, 0.1) is 35.5 Å². The van der Waals surface area contributed by atoms with Crippen LogP contribution in [0, 0.1) is 0 Å². The molecular weight excluding hydrogens is 500 g/mol. The smallest absolute Gasteiger partial charge is 0.303 e. The highest BCUT2D eigenvalue weighted by Crippen LogP contribution is 2.37. The molecule has 0 aliphatic heterocycles. The Bertz CT molecular complexity index is 960. The number of nitrogens with one attached hydrogen (secondary N) is 1. The van der Waals surface area contributed by atoms with E-state index < -0.39 is 11.6 Å². The minimum Gasteiger partial charge on any atom is -0.368 e. The van der Waals surface area contributed by atoms with Gasteiger partial charge in [-0.2, -0.15) is 35.0 Å². The van der Waals surface area contributed by atoms with Crippen molar-refractivity contribution in [1.82, 2.24) is 29.9 Å². The van der Waals surface area contributed by atoms with Crippen LogP contribution in [0.4, 0.5) is 35.7 Å². The number of ether oxygens (including phenoxy) is 3. The van der Waals surface area contributed by atoms with Gasteiger partial charge in [0.25, 0.3) is 17.8 Å². The van der Waals surface area contributed by atoms with Gasteiger partial charge in [0.15, 0.2) is 0 Å². The Labute approximate surface area is 212 Å². The van der Waals surface area contributed by atoms with Crippen molar-refractivity contribution >= 4 is 35.7 Å². The first-order valence-corrected chi connectivity index (χ1v) is 10.2. The van der Waals surface area contributed by atoms with Crippen LogP contribution in [0.3, 0.4) is 0 Å². The number of hydrogen-bond acceptors (Lipinski definition) is 20. The van der Waals surface area contributed by atoms with Crippen molar-refractivity contribution in [1.29, 1.82) is 0 Å². The highest BCUT2D eigenvalue weighted by Gasteiger charge is 2.58. The summed E-state index contributed by atoms with van der Waals surface area (Å²) in [7, 11) is 10.7. The molecule has 0 aliphatic carbocycles. The molecule has 0 saturated heterocycles. The maximum absolute atomic E-state index is 5.83. The van der Waals surface area contributed by atoms with E-state index in [1.807, 2.05) is 0 Å². The monoisotopic (exact) mass is 532 g/mol. The molecule has 208 valence electrons. The van der Waals surface area contributed by atoms with Gasteiger partial charge in [-0.25, -0.2) is 19.4 Å². The van der Waals surface area contributed by atoms with E-state index in [9.17, 15) is 0 Å². The van der Waals surface area contributed by atoms with Crippen molar-refractivity contribution in [3.05, 3.63) is 0 Å². The van der Waals surface area contributed by atoms with E-state index in [1.54, 1.807) is 0 Å². The molecule has 0 spiro atoms.